The molecule has 0 heterocycles. The summed E-state index contributed by atoms with van der Waals surface area (Å²) in [5, 5.41) is 13.9. The quantitative estimate of drug-likeness (QED) is 0.591. The van der Waals surface area contributed by atoms with Crippen LogP contribution in [0, 0.1) is 17.0 Å². The maximum absolute atomic E-state index is 10.7. The molecule has 2 rings (SSSR count). The second-order valence-corrected chi connectivity index (χ2v) is 3.68. The van der Waals surface area contributed by atoms with Crippen molar-refractivity contribution in [1.29, 1.82) is 0 Å². The highest BCUT2D eigenvalue weighted by Crippen LogP contribution is 2.28. The van der Waals surface area contributed by atoms with E-state index >= 15 is 0 Å². The van der Waals surface area contributed by atoms with E-state index in [2.05, 4.69) is 5.32 Å². The van der Waals surface area contributed by atoms with Gasteiger partial charge in [0.2, 0.25) is 0 Å². The number of nitro groups is 1. The molecule has 0 spiro atoms. The second kappa shape index (κ2) is 3.29. The summed E-state index contributed by atoms with van der Waals surface area (Å²) < 4.78 is 0. The molecule has 0 aromatic heterocycles. The summed E-state index contributed by atoms with van der Waals surface area (Å²) in [6, 6.07) is 5.80. The third kappa shape index (κ3) is 1.84. The highest BCUT2D eigenvalue weighted by Gasteiger charge is 2.21. The number of nitrogens with one attached hydrogen (secondary N) is 1. The zero-order valence-corrected chi connectivity index (χ0v) is 7.99. The van der Waals surface area contributed by atoms with E-state index in [0.29, 0.717) is 11.6 Å². The summed E-state index contributed by atoms with van der Waals surface area (Å²) in [6.45, 7) is 1.75. The molecule has 1 aliphatic carbocycles. The summed E-state index contributed by atoms with van der Waals surface area (Å²) in [4.78, 5) is 10.3. The third-order valence-electron chi connectivity index (χ3n) is 2.35. The largest absolute Gasteiger partial charge is 0.382 e. The summed E-state index contributed by atoms with van der Waals surface area (Å²) in [5.74, 6) is 0. The Labute approximate surface area is 82.1 Å². The van der Waals surface area contributed by atoms with Gasteiger partial charge in [0.25, 0.3) is 5.69 Å². The fourth-order valence-corrected chi connectivity index (χ4v) is 1.36. The van der Waals surface area contributed by atoms with Gasteiger partial charge in [-0.15, -0.1) is 0 Å². The van der Waals surface area contributed by atoms with Crippen LogP contribution in [-0.2, 0) is 0 Å². The first-order valence-electron chi connectivity index (χ1n) is 4.68. The summed E-state index contributed by atoms with van der Waals surface area (Å²) in [5.41, 5.74) is 1.75. The van der Waals surface area contributed by atoms with Gasteiger partial charge in [-0.05, 0) is 25.8 Å². The van der Waals surface area contributed by atoms with E-state index < -0.39 is 0 Å². The molecule has 0 aliphatic heterocycles. The van der Waals surface area contributed by atoms with Crippen LogP contribution in [0.1, 0.15) is 18.4 Å². The molecular formula is C10H12N2O2. The Kier molecular flexibility index (Phi) is 2.11. The van der Waals surface area contributed by atoms with Gasteiger partial charge in [0.1, 0.15) is 0 Å². The number of nitro benzene ring substituents is 1. The molecular weight excluding hydrogens is 180 g/mol. The van der Waals surface area contributed by atoms with Crippen molar-refractivity contribution in [2.75, 3.05) is 5.32 Å². The predicted molar refractivity (Wildman–Crippen MR) is 54.5 cm³/mol. The molecule has 1 aromatic carbocycles. The fourth-order valence-electron chi connectivity index (χ4n) is 1.36. The number of rotatable bonds is 3. The number of hydrogen-bond donors (Lipinski definition) is 1. The van der Waals surface area contributed by atoms with E-state index in [9.17, 15) is 10.1 Å². The molecule has 0 radical (unpaired) electrons. The van der Waals surface area contributed by atoms with Crippen LogP contribution >= 0.6 is 0 Å². The minimum Gasteiger partial charge on any atom is -0.382 e. The Balaban J connectivity index is 2.24. The van der Waals surface area contributed by atoms with Crippen LogP contribution in [-0.4, -0.2) is 11.0 Å². The van der Waals surface area contributed by atoms with Gasteiger partial charge in [0.05, 0.1) is 4.92 Å². The van der Waals surface area contributed by atoms with Crippen LogP contribution < -0.4 is 5.32 Å². The molecule has 1 fully saturated rings. The first kappa shape index (κ1) is 8.99. The zero-order valence-electron chi connectivity index (χ0n) is 7.99. The molecule has 0 amide bonds. The predicted octanol–water partition coefficient (Wildman–Crippen LogP) is 2.48. The van der Waals surface area contributed by atoms with Crippen molar-refractivity contribution < 1.29 is 4.92 Å². The molecule has 0 saturated heterocycles. The molecule has 0 atom stereocenters. The zero-order chi connectivity index (χ0) is 10.1. The fraction of sp³-hybridized carbons (Fsp3) is 0.400. The van der Waals surface area contributed by atoms with E-state index in [1.165, 1.54) is 12.8 Å². The van der Waals surface area contributed by atoms with Crippen molar-refractivity contribution in [3.05, 3.63) is 33.9 Å². The number of benzene rings is 1. The van der Waals surface area contributed by atoms with E-state index in [-0.39, 0.29) is 10.6 Å². The van der Waals surface area contributed by atoms with E-state index in [1.807, 2.05) is 6.07 Å². The second-order valence-electron chi connectivity index (χ2n) is 3.68. The van der Waals surface area contributed by atoms with E-state index in [1.54, 1.807) is 19.1 Å². The lowest BCUT2D eigenvalue weighted by Gasteiger charge is -2.04. The van der Waals surface area contributed by atoms with Gasteiger partial charge in [0.15, 0.2) is 0 Å². The molecule has 14 heavy (non-hydrogen) atoms. The third-order valence-corrected chi connectivity index (χ3v) is 2.35. The van der Waals surface area contributed by atoms with Gasteiger partial charge in [-0.25, -0.2) is 0 Å². The van der Waals surface area contributed by atoms with Gasteiger partial charge in [-0.2, -0.15) is 0 Å². The van der Waals surface area contributed by atoms with Crippen molar-refractivity contribution in [2.24, 2.45) is 0 Å². The Morgan fingerprint density at radius 2 is 2.21 bits per heavy atom. The molecule has 0 unspecified atom stereocenters. The van der Waals surface area contributed by atoms with Gasteiger partial charge in [-0.3, -0.25) is 10.1 Å². The van der Waals surface area contributed by atoms with Gasteiger partial charge in [-0.1, -0.05) is 6.07 Å². The van der Waals surface area contributed by atoms with Crippen LogP contribution in [0.15, 0.2) is 18.2 Å². The Morgan fingerprint density at radius 3 is 2.79 bits per heavy atom. The number of aryl methyl sites for hydroxylation is 1. The SMILES string of the molecule is Cc1ccc(NC2CC2)cc1[N+](=O)[O-]. The van der Waals surface area contributed by atoms with Crippen molar-refractivity contribution in [3.8, 4) is 0 Å². The Morgan fingerprint density at radius 1 is 1.50 bits per heavy atom. The molecule has 4 heteroatoms. The van der Waals surface area contributed by atoms with Crippen molar-refractivity contribution in [2.45, 2.75) is 25.8 Å². The first-order valence-corrected chi connectivity index (χ1v) is 4.68. The van der Waals surface area contributed by atoms with E-state index in [0.717, 1.165) is 5.69 Å². The highest BCUT2D eigenvalue weighted by atomic mass is 16.6. The molecule has 1 aromatic rings. The number of anilines is 1. The van der Waals surface area contributed by atoms with Crippen molar-refractivity contribution in [1.82, 2.24) is 0 Å². The van der Waals surface area contributed by atoms with Gasteiger partial charge >= 0.3 is 0 Å². The maximum Gasteiger partial charge on any atom is 0.274 e. The maximum atomic E-state index is 10.7. The topological polar surface area (TPSA) is 55.2 Å². The lowest BCUT2D eigenvalue weighted by atomic mass is 10.2. The van der Waals surface area contributed by atoms with Crippen molar-refractivity contribution in [3.63, 3.8) is 0 Å². The average Bonchev–Trinajstić information content (AvgIpc) is 2.92. The number of nitrogens with zero attached hydrogens (tertiary/aromatic N) is 1. The van der Waals surface area contributed by atoms with Gasteiger partial charge < -0.3 is 5.32 Å². The summed E-state index contributed by atoms with van der Waals surface area (Å²) in [6.07, 6.45) is 2.34. The average molecular weight is 192 g/mol. The minimum atomic E-state index is -0.340. The molecule has 1 aliphatic rings. The molecule has 1 saturated carbocycles. The molecule has 0 bridgehead atoms. The smallest absolute Gasteiger partial charge is 0.274 e. The van der Waals surface area contributed by atoms with Gasteiger partial charge in [0, 0.05) is 23.4 Å². The standard InChI is InChI=1S/C10H12N2O2/c1-7-2-3-9(11-8-4-5-8)6-10(7)12(13)14/h2-3,6,8,11H,4-5H2,1H3. The first-order chi connectivity index (χ1) is 6.66. The summed E-state index contributed by atoms with van der Waals surface area (Å²) in [7, 11) is 0. The Bertz CT molecular complexity index is 372. The van der Waals surface area contributed by atoms with Crippen LogP contribution in [0.3, 0.4) is 0 Å². The van der Waals surface area contributed by atoms with Crippen LogP contribution in [0.5, 0.6) is 0 Å². The lowest BCUT2D eigenvalue weighted by molar-refractivity contribution is -0.385. The van der Waals surface area contributed by atoms with Crippen LogP contribution in [0.2, 0.25) is 0 Å². The van der Waals surface area contributed by atoms with Crippen molar-refractivity contribution >= 4 is 11.4 Å². The molecule has 1 N–H and O–H groups in total. The molecule has 4 nitrogen and oxygen atoms in total. The monoisotopic (exact) mass is 192 g/mol. The lowest BCUT2D eigenvalue weighted by Crippen LogP contribution is -2.01. The summed E-state index contributed by atoms with van der Waals surface area (Å²) >= 11 is 0. The van der Waals surface area contributed by atoms with E-state index in [4.69, 9.17) is 0 Å². The number of hydrogen-bond acceptors (Lipinski definition) is 3. The Hall–Kier alpha value is -1.58. The van der Waals surface area contributed by atoms with Crippen LogP contribution in [0.25, 0.3) is 0 Å². The van der Waals surface area contributed by atoms with Crippen LogP contribution in [0.4, 0.5) is 11.4 Å². The highest BCUT2D eigenvalue weighted by molar-refractivity contribution is 5.55. The molecule has 74 valence electrons. The normalized spacial score (nSPS) is 15.2. The minimum absolute atomic E-state index is 0.190.